The highest BCUT2D eigenvalue weighted by Crippen LogP contribution is 2.30. The van der Waals surface area contributed by atoms with Gasteiger partial charge in [0.15, 0.2) is 11.5 Å². The van der Waals surface area contributed by atoms with E-state index >= 15 is 0 Å². The first kappa shape index (κ1) is 18.3. The van der Waals surface area contributed by atoms with Crippen molar-refractivity contribution < 1.29 is 14.7 Å². The Morgan fingerprint density at radius 1 is 1.25 bits per heavy atom. The van der Waals surface area contributed by atoms with Crippen LogP contribution in [0.4, 0.5) is 5.82 Å². The van der Waals surface area contributed by atoms with Gasteiger partial charge in [0.1, 0.15) is 5.82 Å². The minimum Gasteiger partial charge on any atom is -0.477 e. The predicted octanol–water partition coefficient (Wildman–Crippen LogP) is 2.87. The van der Waals surface area contributed by atoms with E-state index in [0.717, 1.165) is 28.6 Å². The molecule has 144 valence electrons. The topological polar surface area (TPSA) is 108 Å². The highest BCUT2D eigenvalue weighted by Gasteiger charge is 2.22. The van der Waals surface area contributed by atoms with Gasteiger partial charge >= 0.3 is 5.97 Å². The zero-order valence-electron chi connectivity index (χ0n) is 15.3. The lowest BCUT2D eigenvalue weighted by Crippen LogP contribution is -2.41. The molecule has 0 radical (unpaired) electrons. The summed E-state index contributed by atoms with van der Waals surface area (Å²) in [5.41, 5.74) is 3.28. The summed E-state index contributed by atoms with van der Waals surface area (Å²) in [5.74, 6) is -0.188. The van der Waals surface area contributed by atoms with Crippen LogP contribution in [-0.2, 0) is 4.79 Å². The molecule has 1 saturated heterocycles. The summed E-state index contributed by atoms with van der Waals surface area (Å²) in [5, 5.41) is 12.8. The molecule has 2 aromatic heterocycles. The number of hydrogen-bond donors (Lipinski definition) is 2. The van der Waals surface area contributed by atoms with E-state index in [1.165, 1.54) is 17.4 Å². The normalized spacial score (nSPS) is 15.0. The maximum Gasteiger partial charge on any atom is 0.354 e. The summed E-state index contributed by atoms with van der Waals surface area (Å²) in [6, 6.07) is 7.21. The highest BCUT2D eigenvalue weighted by atomic mass is 32.1. The number of rotatable bonds is 4. The van der Waals surface area contributed by atoms with E-state index in [4.69, 9.17) is 0 Å². The van der Waals surface area contributed by atoms with Crippen molar-refractivity contribution in [1.82, 2.24) is 19.9 Å². The summed E-state index contributed by atoms with van der Waals surface area (Å²) in [6.07, 6.45) is 1.57. The fourth-order valence-electron chi connectivity index (χ4n) is 3.36. The van der Waals surface area contributed by atoms with E-state index in [2.05, 4.69) is 20.3 Å². The van der Waals surface area contributed by atoms with Crippen LogP contribution in [0.3, 0.4) is 0 Å². The van der Waals surface area contributed by atoms with E-state index < -0.39 is 5.97 Å². The Bertz CT molecular complexity index is 1040. The van der Waals surface area contributed by atoms with Crippen LogP contribution in [0.25, 0.3) is 21.6 Å². The zero-order chi connectivity index (χ0) is 19.7. The molecule has 3 heterocycles. The molecule has 3 aromatic rings. The minimum atomic E-state index is -1.10. The maximum atomic E-state index is 11.6. The average Bonchev–Trinajstić information content (AvgIpc) is 3.17. The molecule has 0 saturated carbocycles. The molecule has 1 aromatic carbocycles. The number of nitrogens with one attached hydrogen (secondary N) is 1. The van der Waals surface area contributed by atoms with E-state index in [0.29, 0.717) is 24.7 Å². The van der Waals surface area contributed by atoms with Gasteiger partial charge in [-0.05, 0) is 25.0 Å². The third kappa shape index (κ3) is 3.65. The standard InChI is InChI=1S/C19H19N5O3S/c1-11(25)24-7-5-12(6-8-24)21-16-9-15(19(26)27)22-18(23-16)13-3-2-4-14-17(13)28-10-20-14/h2-4,9-10,12H,5-8H2,1H3,(H,26,27)(H,21,22,23). The van der Waals surface area contributed by atoms with E-state index in [-0.39, 0.29) is 17.6 Å². The first-order valence-corrected chi connectivity index (χ1v) is 9.86. The van der Waals surface area contributed by atoms with Gasteiger partial charge in [-0.15, -0.1) is 11.3 Å². The van der Waals surface area contributed by atoms with Crippen molar-refractivity contribution in [3.05, 3.63) is 35.5 Å². The number of carbonyl (C=O) groups is 2. The van der Waals surface area contributed by atoms with Crippen LogP contribution in [0.2, 0.25) is 0 Å². The molecular weight excluding hydrogens is 378 g/mol. The van der Waals surface area contributed by atoms with Crippen molar-refractivity contribution in [2.45, 2.75) is 25.8 Å². The number of carboxylic acids is 1. The molecule has 28 heavy (non-hydrogen) atoms. The second kappa shape index (κ2) is 7.51. The van der Waals surface area contributed by atoms with Crippen molar-refractivity contribution in [2.75, 3.05) is 18.4 Å². The van der Waals surface area contributed by atoms with Gasteiger partial charge in [0, 0.05) is 37.7 Å². The number of anilines is 1. The second-order valence-electron chi connectivity index (χ2n) is 6.70. The van der Waals surface area contributed by atoms with Gasteiger partial charge in [-0.25, -0.2) is 19.7 Å². The average molecular weight is 397 g/mol. The summed E-state index contributed by atoms with van der Waals surface area (Å²) in [7, 11) is 0. The molecule has 2 N–H and O–H groups in total. The smallest absolute Gasteiger partial charge is 0.354 e. The molecule has 0 spiro atoms. The van der Waals surface area contributed by atoms with Crippen molar-refractivity contribution in [3.8, 4) is 11.4 Å². The minimum absolute atomic E-state index is 0.0600. The van der Waals surface area contributed by atoms with Crippen LogP contribution in [0.1, 0.15) is 30.3 Å². The Morgan fingerprint density at radius 3 is 2.75 bits per heavy atom. The number of amides is 1. The number of aromatic carboxylic acids is 1. The number of carboxylic acid groups (broad SMARTS) is 1. The Hall–Kier alpha value is -3.07. The number of carbonyl (C=O) groups excluding carboxylic acids is 1. The van der Waals surface area contributed by atoms with Crippen LogP contribution in [0.5, 0.6) is 0 Å². The molecule has 9 heteroatoms. The van der Waals surface area contributed by atoms with E-state index in [1.54, 1.807) is 12.4 Å². The molecule has 4 rings (SSSR count). The summed E-state index contributed by atoms with van der Waals surface area (Å²) in [4.78, 5) is 38.0. The van der Waals surface area contributed by atoms with Crippen molar-refractivity contribution in [3.63, 3.8) is 0 Å². The molecule has 1 aliphatic rings. The van der Waals surface area contributed by atoms with Gasteiger partial charge in [-0.2, -0.15) is 0 Å². The number of piperidine rings is 1. The second-order valence-corrected chi connectivity index (χ2v) is 7.55. The molecular formula is C19H19N5O3S. The molecule has 8 nitrogen and oxygen atoms in total. The number of nitrogens with zero attached hydrogens (tertiary/aromatic N) is 4. The SMILES string of the molecule is CC(=O)N1CCC(Nc2cc(C(=O)O)nc(-c3cccc4ncsc34)n2)CC1. The first-order valence-electron chi connectivity index (χ1n) is 8.98. The van der Waals surface area contributed by atoms with Crippen LogP contribution in [0, 0.1) is 0 Å². The number of hydrogen-bond acceptors (Lipinski definition) is 7. The number of aromatic nitrogens is 3. The summed E-state index contributed by atoms with van der Waals surface area (Å²) in [6.45, 7) is 2.93. The summed E-state index contributed by atoms with van der Waals surface area (Å²) >= 11 is 1.47. The van der Waals surface area contributed by atoms with Crippen molar-refractivity contribution in [1.29, 1.82) is 0 Å². The Balaban J connectivity index is 1.64. The predicted molar refractivity (Wildman–Crippen MR) is 107 cm³/mol. The fourth-order valence-corrected chi connectivity index (χ4v) is 4.16. The van der Waals surface area contributed by atoms with Crippen LogP contribution >= 0.6 is 11.3 Å². The van der Waals surface area contributed by atoms with Crippen LogP contribution < -0.4 is 5.32 Å². The van der Waals surface area contributed by atoms with Crippen LogP contribution in [-0.4, -0.2) is 56.0 Å². The number of fused-ring (bicyclic) bond motifs is 1. The van der Waals surface area contributed by atoms with Crippen molar-refractivity contribution >= 4 is 39.2 Å². The lowest BCUT2D eigenvalue weighted by Gasteiger charge is -2.32. The monoisotopic (exact) mass is 397 g/mol. The third-order valence-electron chi connectivity index (χ3n) is 4.84. The molecule has 1 aliphatic heterocycles. The Morgan fingerprint density at radius 2 is 2.04 bits per heavy atom. The highest BCUT2D eigenvalue weighted by molar-refractivity contribution is 7.17. The third-order valence-corrected chi connectivity index (χ3v) is 5.71. The molecule has 0 atom stereocenters. The number of likely N-dealkylation sites (tertiary alicyclic amines) is 1. The van der Waals surface area contributed by atoms with Gasteiger partial charge in [0.2, 0.25) is 5.91 Å². The van der Waals surface area contributed by atoms with Gasteiger partial charge in [-0.3, -0.25) is 4.79 Å². The van der Waals surface area contributed by atoms with E-state index in [9.17, 15) is 14.7 Å². The van der Waals surface area contributed by atoms with Gasteiger partial charge in [0.25, 0.3) is 0 Å². The lowest BCUT2D eigenvalue weighted by molar-refractivity contribution is -0.129. The number of thiazole rings is 1. The lowest BCUT2D eigenvalue weighted by atomic mass is 10.1. The Kier molecular flexibility index (Phi) is 4.91. The van der Waals surface area contributed by atoms with Gasteiger partial charge in [-0.1, -0.05) is 6.07 Å². The maximum absolute atomic E-state index is 11.6. The van der Waals surface area contributed by atoms with Crippen LogP contribution in [0.15, 0.2) is 29.8 Å². The molecule has 0 aliphatic carbocycles. The molecule has 0 unspecified atom stereocenters. The zero-order valence-corrected chi connectivity index (χ0v) is 16.1. The van der Waals surface area contributed by atoms with Crippen molar-refractivity contribution in [2.24, 2.45) is 0 Å². The van der Waals surface area contributed by atoms with Gasteiger partial charge < -0.3 is 15.3 Å². The first-order chi connectivity index (χ1) is 13.5. The summed E-state index contributed by atoms with van der Waals surface area (Å²) < 4.78 is 0.922. The van der Waals surface area contributed by atoms with E-state index in [1.807, 2.05) is 23.1 Å². The quantitative estimate of drug-likeness (QED) is 0.697. The fraction of sp³-hybridized carbons (Fsp3) is 0.316. The molecule has 1 fully saturated rings. The molecule has 1 amide bonds. The number of benzene rings is 1. The largest absolute Gasteiger partial charge is 0.477 e. The molecule has 0 bridgehead atoms. The Labute approximate surface area is 165 Å². The van der Waals surface area contributed by atoms with Gasteiger partial charge in [0.05, 0.1) is 15.7 Å².